The Bertz CT molecular complexity index is 594. The Morgan fingerprint density at radius 1 is 1.38 bits per heavy atom. The molecule has 1 aliphatic rings. The summed E-state index contributed by atoms with van der Waals surface area (Å²) in [5.74, 6) is 0.0601. The van der Waals surface area contributed by atoms with Gasteiger partial charge in [-0.2, -0.15) is 0 Å². The largest absolute Gasteiger partial charge is 0.384 e. The molecule has 3 rings (SSSR count). The van der Waals surface area contributed by atoms with Crippen LogP contribution >= 0.6 is 0 Å². The van der Waals surface area contributed by atoms with Crippen molar-refractivity contribution in [3.63, 3.8) is 0 Å². The summed E-state index contributed by atoms with van der Waals surface area (Å²) >= 11 is 0. The van der Waals surface area contributed by atoms with Gasteiger partial charge in [0, 0.05) is 37.7 Å². The molecule has 21 heavy (non-hydrogen) atoms. The molecule has 2 heterocycles. The van der Waals surface area contributed by atoms with Crippen molar-refractivity contribution in [3.8, 4) is 0 Å². The third-order valence-corrected chi connectivity index (χ3v) is 3.85. The molecule has 1 atom stereocenters. The number of carbonyl (C=O) groups excluding carboxylic acids is 1. The van der Waals surface area contributed by atoms with Crippen LogP contribution < -0.4 is 10.6 Å². The average Bonchev–Trinajstić information content (AvgIpc) is 3.16. The highest BCUT2D eigenvalue weighted by atomic mass is 16.1. The van der Waals surface area contributed by atoms with Gasteiger partial charge in [-0.05, 0) is 24.5 Å². The maximum absolute atomic E-state index is 12.2. The minimum atomic E-state index is -0.0603. The van der Waals surface area contributed by atoms with Crippen LogP contribution in [-0.4, -0.2) is 28.5 Å². The van der Waals surface area contributed by atoms with Crippen LogP contribution in [0.4, 0.5) is 5.69 Å². The summed E-state index contributed by atoms with van der Waals surface area (Å²) in [5.41, 5.74) is 2.19. The third kappa shape index (κ3) is 3.24. The van der Waals surface area contributed by atoms with Crippen molar-refractivity contribution in [2.45, 2.75) is 25.3 Å². The van der Waals surface area contributed by atoms with Crippen molar-refractivity contribution in [3.05, 3.63) is 48.5 Å². The zero-order valence-corrected chi connectivity index (χ0v) is 12.0. The number of unbranched alkanes of at least 4 members (excludes halogenated alkanes) is 1. The lowest BCUT2D eigenvalue weighted by atomic mass is 10.0. The number of amides is 1. The fourth-order valence-corrected chi connectivity index (χ4v) is 2.69. The second-order valence-electron chi connectivity index (χ2n) is 5.32. The van der Waals surface area contributed by atoms with Gasteiger partial charge in [-0.1, -0.05) is 18.2 Å². The van der Waals surface area contributed by atoms with Crippen LogP contribution in [0.3, 0.4) is 0 Å². The molecule has 0 spiro atoms. The number of carbonyl (C=O) groups is 1. The van der Waals surface area contributed by atoms with Crippen LogP contribution in [0.15, 0.2) is 43.0 Å². The molecule has 1 aromatic heterocycles. The Morgan fingerprint density at radius 2 is 2.29 bits per heavy atom. The van der Waals surface area contributed by atoms with E-state index in [2.05, 4.69) is 20.2 Å². The molecule has 0 radical (unpaired) electrons. The highest BCUT2D eigenvalue weighted by Gasteiger charge is 2.27. The molecule has 5 nitrogen and oxygen atoms in total. The first kappa shape index (κ1) is 13.7. The lowest BCUT2D eigenvalue weighted by Gasteiger charge is -2.11. The quantitative estimate of drug-likeness (QED) is 0.798. The Labute approximate surface area is 124 Å². The monoisotopic (exact) mass is 284 g/mol. The Hall–Kier alpha value is -2.30. The number of hydrogen-bond acceptors (Lipinski definition) is 3. The van der Waals surface area contributed by atoms with Gasteiger partial charge in [-0.25, -0.2) is 4.98 Å². The molecule has 0 fully saturated rings. The molecule has 0 bridgehead atoms. The maximum Gasteiger partial charge on any atom is 0.229 e. The minimum Gasteiger partial charge on any atom is -0.384 e. The lowest BCUT2D eigenvalue weighted by molar-refractivity contribution is -0.122. The van der Waals surface area contributed by atoms with Crippen molar-refractivity contribution in [1.29, 1.82) is 0 Å². The molecule has 0 saturated carbocycles. The normalized spacial score (nSPS) is 16.3. The van der Waals surface area contributed by atoms with Gasteiger partial charge in [0.05, 0.1) is 12.2 Å². The van der Waals surface area contributed by atoms with Crippen molar-refractivity contribution in [1.82, 2.24) is 14.9 Å². The van der Waals surface area contributed by atoms with Gasteiger partial charge in [0.2, 0.25) is 5.91 Å². The first-order valence-electron chi connectivity index (χ1n) is 7.41. The minimum absolute atomic E-state index is 0.0603. The van der Waals surface area contributed by atoms with Gasteiger partial charge in [0.15, 0.2) is 0 Å². The molecule has 0 aliphatic carbocycles. The van der Waals surface area contributed by atoms with E-state index in [1.807, 2.05) is 36.8 Å². The van der Waals surface area contributed by atoms with E-state index < -0.39 is 0 Å². The summed E-state index contributed by atoms with van der Waals surface area (Å²) in [6.07, 6.45) is 7.58. The van der Waals surface area contributed by atoms with Crippen LogP contribution in [0.5, 0.6) is 0 Å². The Morgan fingerprint density at radius 3 is 3.14 bits per heavy atom. The zero-order valence-electron chi connectivity index (χ0n) is 12.0. The number of nitrogens with zero attached hydrogens (tertiary/aromatic N) is 2. The number of anilines is 1. The van der Waals surface area contributed by atoms with Crippen LogP contribution in [-0.2, 0) is 11.3 Å². The van der Waals surface area contributed by atoms with E-state index in [-0.39, 0.29) is 11.8 Å². The number of nitrogens with one attached hydrogen (secondary N) is 2. The fraction of sp³-hybridized carbons (Fsp3) is 0.375. The van der Waals surface area contributed by atoms with Crippen LogP contribution in [0.25, 0.3) is 0 Å². The van der Waals surface area contributed by atoms with E-state index in [0.29, 0.717) is 6.54 Å². The van der Waals surface area contributed by atoms with E-state index >= 15 is 0 Å². The van der Waals surface area contributed by atoms with Crippen LogP contribution in [0, 0.1) is 0 Å². The molecular weight excluding hydrogens is 264 g/mol. The van der Waals surface area contributed by atoms with Gasteiger partial charge in [0.1, 0.15) is 0 Å². The summed E-state index contributed by atoms with van der Waals surface area (Å²) in [7, 11) is 0. The molecule has 0 saturated heterocycles. The predicted molar refractivity (Wildman–Crippen MR) is 82.1 cm³/mol. The SMILES string of the molecule is O=C(NCCCCn1ccnc1)C1CNc2ccccc21. The van der Waals surface area contributed by atoms with E-state index in [1.54, 1.807) is 6.20 Å². The second kappa shape index (κ2) is 6.43. The molecule has 1 unspecified atom stereocenters. The molecular formula is C16H20N4O. The van der Waals surface area contributed by atoms with Gasteiger partial charge < -0.3 is 15.2 Å². The second-order valence-corrected chi connectivity index (χ2v) is 5.32. The molecule has 1 amide bonds. The Balaban J connectivity index is 1.41. The lowest BCUT2D eigenvalue weighted by Crippen LogP contribution is -2.31. The number of fused-ring (bicyclic) bond motifs is 1. The molecule has 1 aromatic carbocycles. The fourth-order valence-electron chi connectivity index (χ4n) is 2.69. The van der Waals surface area contributed by atoms with Crippen molar-refractivity contribution >= 4 is 11.6 Å². The number of para-hydroxylation sites is 1. The summed E-state index contributed by atoms with van der Waals surface area (Å²) in [6.45, 7) is 2.37. The summed E-state index contributed by atoms with van der Waals surface area (Å²) in [4.78, 5) is 16.2. The predicted octanol–water partition coefficient (Wildman–Crippen LogP) is 1.99. The number of hydrogen-bond donors (Lipinski definition) is 2. The van der Waals surface area contributed by atoms with Crippen LogP contribution in [0.2, 0.25) is 0 Å². The van der Waals surface area contributed by atoms with Crippen molar-refractivity contribution < 1.29 is 4.79 Å². The van der Waals surface area contributed by atoms with Crippen molar-refractivity contribution in [2.24, 2.45) is 0 Å². The first-order chi connectivity index (χ1) is 10.3. The van der Waals surface area contributed by atoms with E-state index in [9.17, 15) is 4.79 Å². The number of benzene rings is 1. The molecule has 1 aliphatic heterocycles. The highest BCUT2D eigenvalue weighted by molar-refractivity contribution is 5.88. The van der Waals surface area contributed by atoms with Gasteiger partial charge in [0.25, 0.3) is 0 Å². The summed E-state index contributed by atoms with van der Waals surface area (Å²) in [5, 5.41) is 6.32. The third-order valence-electron chi connectivity index (χ3n) is 3.85. The van der Waals surface area contributed by atoms with E-state index in [4.69, 9.17) is 0 Å². The standard InChI is InChI=1S/C16H20N4O/c21-16(14-11-19-15-6-2-1-5-13(14)15)18-7-3-4-9-20-10-8-17-12-20/h1-2,5-6,8,10,12,14,19H,3-4,7,9,11H2,(H,18,21). The topological polar surface area (TPSA) is 59.0 Å². The van der Waals surface area contributed by atoms with Gasteiger partial charge in [-0.3, -0.25) is 4.79 Å². The maximum atomic E-state index is 12.2. The zero-order chi connectivity index (χ0) is 14.5. The van der Waals surface area contributed by atoms with Gasteiger partial charge >= 0.3 is 0 Å². The van der Waals surface area contributed by atoms with E-state index in [1.165, 1.54) is 0 Å². The smallest absolute Gasteiger partial charge is 0.229 e. The summed E-state index contributed by atoms with van der Waals surface area (Å²) < 4.78 is 2.05. The molecule has 110 valence electrons. The average molecular weight is 284 g/mol. The molecule has 2 N–H and O–H groups in total. The van der Waals surface area contributed by atoms with Gasteiger partial charge in [-0.15, -0.1) is 0 Å². The Kier molecular flexibility index (Phi) is 4.19. The number of imidazole rings is 1. The first-order valence-corrected chi connectivity index (χ1v) is 7.41. The molecule has 5 heteroatoms. The van der Waals surface area contributed by atoms with Crippen LogP contribution in [0.1, 0.15) is 24.3 Å². The summed E-state index contributed by atoms with van der Waals surface area (Å²) in [6, 6.07) is 8.02. The number of rotatable bonds is 6. The number of aryl methyl sites for hydroxylation is 1. The highest BCUT2D eigenvalue weighted by Crippen LogP contribution is 2.30. The van der Waals surface area contributed by atoms with E-state index in [0.717, 1.165) is 37.2 Å². The van der Waals surface area contributed by atoms with Crippen molar-refractivity contribution in [2.75, 3.05) is 18.4 Å². The number of aromatic nitrogens is 2. The molecule has 2 aromatic rings.